The zero-order chi connectivity index (χ0) is 24.7. The highest BCUT2D eigenvalue weighted by Gasteiger charge is 2.26. The van der Waals surface area contributed by atoms with E-state index in [2.05, 4.69) is 37.4 Å². The van der Waals surface area contributed by atoms with Gasteiger partial charge in [0.25, 0.3) is 0 Å². The maximum Gasteiger partial charge on any atom is 0.182 e. The van der Waals surface area contributed by atoms with Crippen molar-refractivity contribution in [3.63, 3.8) is 0 Å². The topological polar surface area (TPSA) is 24.7 Å². The molecule has 0 saturated heterocycles. The lowest BCUT2D eigenvalue weighted by Crippen LogP contribution is -2.15. The van der Waals surface area contributed by atoms with E-state index < -0.39 is 6.37 Å². The Morgan fingerprint density at radius 3 is 1.37 bits per heavy atom. The van der Waals surface area contributed by atoms with E-state index >= 15 is 0 Å². The summed E-state index contributed by atoms with van der Waals surface area (Å²) in [5.74, 6) is 0. The molecule has 176 valence electrons. The lowest BCUT2D eigenvalue weighted by molar-refractivity contribution is 1.38. The summed E-state index contributed by atoms with van der Waals surface area (Å²) in [4.78, 5) is 11.9. The number of hydrogen-bond acceptors (Lipinski definition) is 4. The number of aliphatic imine (C=N–C) groups is 2. The third kappa shape index (κ3) is 7.35. The molecule has 0 unspecified atom stereocenters. The number of para-hydroxylation sites is 2. The van der Waals surface area contributed by atoms with E-state index in [-0.39, 0.29) is 0 Å². The van der Waals surface area contributed by atoms with E-state index in [4.69, 9.17) is 33.2 Å². The third-order valence-electron chi connectivity index (χ3n) is 4.94. The summed E-state index contributed by atoms with van der Waals surface area (Å²) in [6, 6.07) is 32.0. The molecule has 4 aromatic rings. The van der Waals surface area contributed by atoms with Crippen LogP contribution in [0.25, 0.3) is 0 Å². The van der Waals surface area contributed by atoms with E-state index in [0.29, 0.717) is 10.0 Å². The molecule has 4 aromatic carbocycles. The second-order valence-electron chi connectivity index (χ2n) is 8.10. The summed E-state index contributed by atoms with van der Waals surface area (Å²) < 4.78 is 0. The predicted molar refractivity (Wildman–Crippen MR) is 159 cm³/mol. The molecule has 7 heteroatoms. The Labute approximate surface area is 225 Å². The second-order valence-corrected chi connectivity index (χ2v) is 21.1. The second kappa shape index (κ2) is 12.1. The van der Waals surface area contributed by atoms with Crippen LogP contribution in [0.4, 0.5) is 11.4 Å². The standard InChI is InChI=1S/C28H24Cl2N2S2Si/c1-35(2,33-27-17-9-7-15-25(27)31-19-21-11-3-5-13-23(21)29)34-28-18-10-8-16-26(28)32-20-22-12-4-6-14-24(22)30/h3-20H,1-2H3. The Kier molecular flexibility index (Phi) is 8.92. The molecule has 0 bridgehead atoms. The molecule has 0 radical (unpaired) electrons. The molecule has 0 amide bonds. The Bertz CT molecular complexity index is 1270. The third-order valence-corrected chi connectivity index (χ3v) is 13.5. The quantitative estimate of drug-likeness (QED) is 0.161. The van der Waals surface area contributed by atoms with Crippen LogP contribution in [0.1, 0.15) is 11.1 Å². The molecule has 0 spiro atoms. The van der Waals surface area contributed by atoms with Gasteiger partial charge in [0.2, 0.25) is 0 Å². The fraction of sp³-hybridized carbons (Fsp3) is 0.0714. The van der Waals surface area contributed by atoms with Crippen LogP contribution < -0.4 is 0 Å². The maximum atomic E-state index is 6.30. The van der Waals surface area contributed by atoms with Gasteiger partial charge in [-0.3, -0.25) is 9.98 Å². The first-order valence-electron chi connectivity index (χ1n) is 11.0. The van der Waals surface area contributed by atoms with Crippen molar-refractivity contribution in [3.05, 3.63) is 118 Å². The first-order valence-corrected chi connectivity index (χ1v) is 17.9. The van der Waals surface area contributed by atoms with Crippen LogP contribution in [0.5, 0.6) is 0 Å². The molecular formula is C28H24Cl2N2S2Si. The molecule has 4 rings (SSSR count). The largest absolute Gasteiger partial charge is 0.255 e. The van der Waals surface area contributed by atoms with E-state index in [1.807, 2.05) is 108 Å². The minimum Gasteiger partial charge on any atom is -0.255 e. The van der Waals surface area contributed by atoms with Crippen molar-refractivity contribution in [2.45, 2.75) is 22.9 Å². The smallest absolute Gasteiger partial charge is 0.182 e. The fourth-order valence-electron chi connectivity index (χ4n) is 3.29. The Hall–Kier alpha value is -2.28. The van der Waals surface area contributed by atoms with Crippen molar-refractivity contribution in [2.24, 2.45) is 9.98 Å². The van der Waals surface area contributed by atoms with Crippen LogP contribution in [-0.2, 0) is 0 Å². The molecule has 0 aromatic heterocycles. The van der Waals surface area contributed by atoms with Gasteiger partial charge in [0.05, 0.1) is 11.4 Å². The van der Waals surface area contributed by atoms with Crippen LogP contribution >= 0.6 is 45.6 Å². The van der Waals surface area contributed by atoms with Crippen molar-refractivity contribution >= 4 is 75.8 Å². The van der Waals surface area contributed by atoms with Crippen LogP contribution in [0.3, 0.4) is 0 Å². The van der Waals surface area contributed by atoms with Crippen LogP contribution in [0.15, 0.2) is 117 Å². The first kappa shape index (κ1) is 25.8. The van der Waals surface area contributed by atoms with E-state index in [9.17, 15) is 0 Å². The molecule has 0 heterocycles. The predicted octanol–water partition coefficient (Wildman–Crippen LogP) is 10.1. The molecule has 0 aliphatic carbocycles. The highest BCUT2D eigenvalue weighted by Crippen LogP contribution is 2.46. The van der Waals surface area contributed by atoms with Crippen LogP contribution in [0, 0.1) is 0 Å². The van der Waals surface area contributed by atoms with Crippen molar-refractivity contribution in [3.8, 4) is 0 Å². The number of rotatable bonds is 8. The summed E-state index contributed by atoms with van der Waals surface area (Å²) in [5.41, 5.74) is 3.71. The van der Waals surface area contributed by atoms with Gasteiger partial charge >= 0.3 is 0 Å². The first-order chi connectivity index (χ1) is 16.9. The van der Waals surface area contributed by atoms with E-state index in [1.54, 1.807) is 0 Å². The highest BCUT2D eigenvalue weighted by atomic mass is 35.5. The number of nitrogens with zero attached hydrogens (tertiary/aromatic N) is 2. The molecule has 35 heavy (non-hydrogen) atoms. The SMILES string of the molecule is C[Si](C)(Sc1ccccc1N=Cc1ccccc1Cl)Sc1ccccc1N=Cc1ccccc1Cl. The summed E-state index contributed by atoms with van der Waals surface area (Å²) >= 11 is 16.4. The number of benzene rings is 4. The molecular weight excluding hydrogens is 527 g/mol. The molecule has 0 N–H and O–H groups in total. The van der Waals surface area contributed by atoms with Gasteiger partial charge < -0.3 is 0 Å². The fourth-order valence-corrected chi connectivity index (χ4v) is 11.8. The molecule has 0 aliphatic rings. The molecule has 0 aliphatic heterocycles. The normalized spacial score (nSPS) is 12.0. The van der Waals surface area contributed by atoms with Gasteiger partial charge in [-0.15, -0.1) is 22.4 Å². The number of hydrogen-bond donors (Lipinski definition) is 0. The average molecular weight is 552 g/mol. The summed E-state index contributed by atoms with van der Waals surface area (Å²) in [5, 5.41) is 1.39. The lowest BCUT2D eigenvalue weighted by Gasteiger charge is -2.22. The minimum absolute atomic E-state index is 0.695. The Morgan fingerprint density at radius 2 is 0.943 bits per heavy atom. The molecule has 2 nitrogen and oxygen atoms in total. The van der Waals surface area contributed by atoms with Crippen LogP contribution in [0.2, 0.25) is 23.1 Å². The van der Waals surface area contributed by atoms with Crippen molar-refractivity contribution in [1.29, 1.82) is 0 Å². The minimum atomic E-state index is -1.85. The molecule has 0 atom stereocenters. The van der Waals surface area contributed by atoms with Crippen molar-refractivity contribution < 1.29 is 0 Å². The Morgan fingerprint density at radius 1 is 0.571 bits per heavy atom. The monoisotopic (exact) mass is 550 g/mol. The van der Waals surface area contributed by atoms with Gasteiger partial charge in [-0.05, 0) is 36.4 Å². The van der Waals surface area contributed by atoms with Crippen molar-refractivity contribution in [1.82, 2.24) is 0 Å². The maximum absolute atomic E-state index is 6.30. The lowest BCUT2D eigenvalue weighted by atomic mass is 10.2. The van der Waals surface area contributed by atoms with Gasteiger partial charge in [-0.2, -0.15) is 0 Å². The summed E-state index contributed by atoms with van der Waals surface area (Å²) in [6.45, 7) is 4.71. The highest BCUT2D eigenvalue weighted by molar-refractivity contribution is 8.58. The zero-order valence-corrected chi connectivity index (χ0v) is 23.5. The van der Waals surface area contributed by atoms with Gasteiger partial charge in [-0.25, -0.2) is 0 Å². The van der Waals surface area contributed by atoms with Gasteiger partial charge in [-0.1, -0.05) is 97.0 Å². The van der Waals surface area contributed by atoms with E-state index in [0.717, 1.165) is 32.3 Å². The van der Waals surface area contributed by atoms with Gasteiger partial charge in [0.15, 0.2) is 6.37 Å². The molecule has 0 saturated carbocycles. The Balaban J connectivity index is 1.54. The van der Waals surface area contributed by atoms with Gasteiger partial charge in [0.1, 0.15) is 0 Å². The van der Waals surface area contributed by atoms with E-state index in [1.165, 1.54) is 0 Å². The van der Waals surface area contributed by atoms with Gasteiger partial charge in [0, 0.05) is 43.4 Å². The average Bonchev–Trinajstić information content (AvgIpc) is 2.84. The zero-order valence-electron chi connectivity index (χ0n) is 19.4. The molecule has 0 fully saturated rings. The van der Waals surface area contributed by atoms with Crippen molar-refractivity contribution in [2.75, 3.05) is 0 Å². The number of halogens is 2. The van der Waals surface area contributed by atoms with Crippen LogP contribution in [-0.4, -0.2) is 18.8 Å². The summed E-state index contributed by atoms with van der Waals surface area (Å²) in [6.07, 6.45) is 1.82. The summed E-state index contributed by atoms with van der Waals surface area (Å²) in [7, 11) is 0.